The van der Waals surface area contributed by atoms with Crippen LogP contribution in [0.25, 0.3) is 0 Å². The van der Waals surface area contributed by atoms with Gasteiger partial charge in [-0.3, -0.25) is 0 Å². The summed E-state index contributed by atoms with van der Waals surface area (Å²) in [7, 11) is 0. The first-order chi connectivity index (χ1) is 12.1. The molecule has 1 aromatic heterocycles. The van der Waals surface area contributed by atoms with E-state index in [0.717, 1.165) is 55.7 Å². The quantitative estimate of drug-likeness (QED) is 0.773. The van der Waals surface area contributed by atoms with Gasteiger partial charge in [0.15, 0.2) is 0 Å². The summed E-state index contributed by atoms with van der Waals surface area (Å²) in [6, 6.07) is 4.34. The third kappa shape index (κ3) is 7.20. The molecule has 25 heavy (non-hydrogen) atoms. The normalized spacial score (nSPS) is 24.3. The highest BCUT2D eigenvalue weighted by Gasteiger charge is 2.17. The molecule has 2 aliphatic rings. The number of aromatic nitrogens is 1. The molecule has 0 unspecified atom stereocenters. The zero-order chi connectivity index (χ0) is 18.1. The Morgan fingerprint density at radius 3 is 2.48 bits per heavy atom. The zero-order valence-corrected chi connectivity index (χ0v) is 16.2. The molecule has 1 saturated heterocycles. The Hall–Kier alpha value is -1.33. The number of aryl methyl sites for hydroxylation is 1. The van der Waals surface area contributed by atoms with Gasteiger partial charge in [-0.15, -0.1) is 0 Å². The van der Waals surface area contributed by atoms with Crippen molar-refractivity contribution in [1.82, 2.24) is 10.3 Å². The van der Waals surface area contributed by atoms with E-state index in [9.17, 15) is 0 Å². The summed E-state index contributed by atoms with van der Waals surface area (Å²) in [6.07, 6.45) is 8.16. The van der Waals surface area contributed by atoms with Crippen LogP contribution in [0.15, 0.2) is 12.1 Å². The van der Waals surface area contributed by atoms with Crippen LogP contribution in [0.2, 0.25) is 0 Å². The molecule has 0 aromatic carbocycles. The zero-order valence-electron chi connectivity index (χ0n) is 16.2. The molecule has 5 nitrogen and oxygen atoms in total. The SMILES string of the molecule is CCOC1CCC(C)CC1.Cc1ccc(N)c(NC2CCNCC2)n1. The average Bonchev–Trinajstić information content (AvgIpc) is 2.62. The summed E-state index contributed by atoms with van der Waals surface area (Å²) in [4.78, 5) is 4.41. The maximum atomic E-state index is 5.87. The van der Waals surface area contributed by atoms with E-state index in [1.165, 1.54) is 25.7 Å². The van der Waals surface area contributed by atoms with Crippen LogP contribution in [-0.2, 0) is 4.74 Å². The lowest BCUT2D eigenvalue weighted by atomic mass is 9.89. The maximum Gasteiger partial charge on any atom is 0.149 e. The van der Waals surface area contributed by atoms with Gasteiger partial charge in [-0.2, -0.15) is 0 Å². The molecule has 0 bridgehead atoms. The fraction of sp³-hybridized carbons (Fsp3) is 0.750. The van der Waals surface area contributed by atoms with E-state index in [0.29, 0.717) is 12.1 Å². The van der Waals surface area contributed by atoms with E-state index < -0.39 is 0 Å². The molecule has 0 amide bonds. The van der Waals surface area contributed by atoms with Crippen molar-refractivity contribution in [2.75, 3.05) is 30.7 Å². The summed E-state index contributed by atoms with van der Waals surface area (Å²) in [6.45, 7) is 9.43. The standard InChI is InChI=1S/C11H18N4.C9H18O/c1-8-2-3-10(12)11(14-8)15-9-4-6-13-7-5-9;1-3-10-9-6-4-8(2)5-7-9/h2-3,9,13H,4-7,12H2,1H3,(H,14,15);8-9H,3-7H2,1-2H3. The highest BCUT2D eigenvalue weighted by molar-refractivity contribution is 5.61. The molecule has 142 valence electrons. The first kappa shape index (κ1) is 20.0. The molecular weight excluding hydrogens is 312 g/mol. The maximum absolute atomic E-state index is 5.87. The second-order valence-corrected chi connectivity index (χ2v) is 7.40. The molecule has 0 spiro atoms. The van der Waals surface area contributed by atoms with E-state index in [1.807, 2.05) is 19.1 Å². The van der Waals surface area contributed by atoms with Crippen molar-refractivity contribution in [1.29, 1.82) is 0 Å². The molecule has 1 aliphatic carbocycles. The minimum Gasteiger partial charge on any atom is -0.396 e. The minimum absolute atomic E-state index is 0.503. The summed E-state index contributed by atoms with van der Waals surface area (Å²) >= 11 is 0. The second kappa shape index (κ2) is 10.6. The first-order valence-electron chi connectivity index (χ1n) is 9.90. The fourth-order valence-corrected chi connectivity index (χ4v) is 3.47. The molecule has 1 aromatic rings. The van der Waals surface area contributed by atoms with Gasteiger partial charge in [0.1, 0.15) is 5.82 Å². The largest absolute Gasteiger partial charge is 0.396 e. The van der Waals surface area contributed by atoms with Crippen LogP contribution < -0.4 is 16.4 Å². The van der Waals surface area contributed by atoms with Crippen molar-refractivity contribution in [3.8, 4) is 0 Å². The molecule has 3 rings (SSSR count). The third-order valence-corrected chi connectivity index (χ3v) is 5.11. The lowest BCUT2D eigenvalue weighted by Gasteiger charge is -2.25. The lowest BCUT2D eigenvalue weighted by Crippen LogP contribution is -2.35. The number of hydrogen-bond donors (Lipinski definition) is 3. The number of nitrogens with two attached hydrogens (primary N) is 1. The summed E-state index contributed by atoms with van der Waals surface area (Å²) in [5.41, 5.74) is 7.60. The Morgan fingerprint density at radius 1 is 1.16 bits per heavy atom. The summed E-state index contributed by atoms with van der Waals surface area (Å²) in [5.74, 6) is 1.78. The smallest absolute Gasteiger partial charge is 0.149 e. The number of pyridine rings is 1. The van der Waals surface area contributed by atoms with Crippen LogP contribution in [0, 0.1) is 12.8 Å². The Kier molecular flexibility index (Phi) is 8.49. The van der Waals surface area contributed by atoms with Gasteiger partial charge in [-0.1, -0.05) is 6.92 Å². The average molecular weight is 349 g/mol. The van der Waals surface area contributed by atoms with Crippen molar-refractivity contribution in [2.24, 2.45) is 5.92 Å². The van der Waals surface area contributed by atoms with Crippen LogP contribution in [0.5, 0.6) is 0 Å². The van der Waals surface area contributed by atoms with Gasteiger partial charge in [-0.25, -0.2) is 4.98 Å². The van der Waals surface area contributed by atoms with Crippen LogP contribution >= 0.6 is 0 Å². The molecule has 0 atom stereocenters. The van der Waals surface area contributed by atoms with Gasteiger partial charge in [0.05, 0.1) is 11.8 Å². The summed E-state index contributed by atoms with van der Waals surface area (Å²) in [5, 5.41) is 6.75. The van der Waals surface area contributed by atoms with Crippen molar-refractivity contribution in [2.45, 2.75) is 71.4 Å². The van der Waals surface area contributed by atoms with E-state index in [2.05, 4.69) is 29.5 Å². The van der Waals surface area contributed by atoms with E-state index >= 15 is 0 Å². The van der Waals surface area contributed by atoms with Crippen molar-refractivity contribution in [3.05, 3.63) is 17.8 Å². The lowest BCUT2D eigenvalue weighted by molar-refractivity contribution is 0.0276. The topological polar surface area (TPSA) is 72.2 Å². The first-order valence-corrected chi connectivity index (χ1v) is 9.90. The van der Waals surface area contributed by atoms with Gasteiger partial charge < -0.3 is 21.1 Å². The number of anilines is 2. The monoisotopic (exact) mass is 348 g/mol. The van der Waals surface area contributed by atoms with Crippen molar-refractivity contribution in [3.63, 3.8) is 0 Å². The number of ether oxygens (including phenoxy) is 1. The van der Waals surface area contributed by atoms with Gasteiger partial charge in [0.2, 0.25) is 0 Å². The molecule has 2 fully saturated rings. The van der Waals surface area contributed by atoms with Crippen molar-refractivity contribution < 1.29 is 4.74 Å². The predicted molar refractivity (Wildman–Crippen MR) is 106 cm³/mol. The highest BCUT2D eigenvalue weighted by atomic mass is 16.5. The Labute approximate surface area is 153 Å². The van der Waals surface area contributed by atoms with Crippen LogP contribution in [0.3, 0.4) is 0 Å². The molecule has 2 heterocycles. The van der Waals surface area contributed by atoms with Crippen molar-refractivity contribution >= 4 is 11.5 Å². The number of nitrogens with one attached hydrogen (secondary N) is 2. The molecule has 0 radical (unpaired) electrons. The summed E-state index contributed by atoms with van der Waals surface area (Å²) < 4.78 is 5.53. The van der Waals surface area contributed by atoms with E-state index in [4.69, 9.17) is 10.5 Å². The molecule has 5 heteroatoms. The highest BCUT2D eigenvalue weighted by Crippen LogP contribution is 2.25. The molecule has 4 N–H and O–H groups in total. The van der Waals surface area contributed by atoms with Crippen LogP contribution in [0.1, 0.15) is 58.1 Å². The van der Waals surface area contributed by atoms with Gasteiger partial charge >= 0.3 is 0 Å². The second-order valence-electron chi connectivity index (χ2n) is 7.40. The van der Waals surface area contributed by atoms with Crippen LogP contribution in [0.4, 0.5) is 11.5 Å². The van der Waals surface area contributed by atoms with Gasteiger partial charge in [-0.05, 0) is 83.5 Å². The number of rotatable bonds is 4. The fourth-order valence-electron chi connectivity index (χ4n) is 3.47. The Bertz CT molecular complexity index is 494. The number of nitrogen functional groups attached to an aromatic ring is 1. The van der Waals surface area contributed by atoms with Gasteiger partial charge in [0.25, 0.3) is 0 Å². The Balaban J connectivity index is 0.000000196. The van der Waals surface area contributed by atoms with Crippen LogP contribution in [-0.4, -0.2) is 36.8 Å². The Morgan fingerprint density at radius 2 is 1.84 bits per heavy atom. The van der Waals surface area contributed by atoms with E-state index in [1.54, 1.807) is 0 Å². The minimum atomic E-state index is 0.503. The van der Waals surface area contributed by atoms with E-state index in [-0.39, 0.29) is 0 Å². The molecular formula is C20H36N4O. The molecule has 1 saturated carbocycles. The predicted octanol–water partition coefficient (Wildman–Crippen LogP) is 3.74. The van der Waals surface area contributed by atoms with Gasteiger partial charge in [0, 0.05) is 18.3 Å². The number of nitrogens with zero attached hydrogens (tertiary/aromatic N) is 1. The number of hydrogen-bond acceptors (Lipinski definition) is 5. The third-order valence-electron chi connectivity index (χ3n) is 5.11. The molecule has 1 aliphatic heterocycles. The number of piperidine rings is 1.